The molecule has 3 rings (SSSR count). The van der Waals surface area contributed by atoms with E-state index >= 15 is 0 Å². The summed E-state index contributed by atoms with van der Waals surface area (Å²) in [5.41, 5.74) is 0. The van der Waals surface area contributed by atoms with Crippen LogP contribution >= 0.6 is 11.3 Å². The Morgan fingerprint density at radius 1 is 1.48 bits per heavy atom. The largest absolute Gasteiger partial charge is 0.353 e. The highest BCUT2D eigenvalue weighted by molar-refractivity contribution is 7.10. The summed E-state index contributed by atoms with van der Waals surface area (Å²) >= 11 is 1.78. The van der Waals surface area contributed by atoms with Crippen LogP contribution in [0.5, 0.6) is 0 Å². The number of piperidine rings is 1. The Morgan fingerprint density at radius 3 is 3.09 bits per heavy atom. The molecule has 0 aliphatic carbocycles. The van der Waals surface area contributed by atoms with Gasteiger partial charge in [-0.15, -0.1) is 11.3 Å². The van der Waals surface area contributed by atoms with Gasteiger partial charge >= 0.3 is 6.03 Å². The number of amides is 3. The zero-order valence-electron chi connectivity index (χ0n) is 13.5. The number of urea groups is 1. The van der Waals surface area contributed by atoms with E-state index in [1.54, 1.807) is 16.2 Å². The molecule has 0 saturated carbocycles. The van der Waals surface area contributed by atoms with Crippen molar-refractivity contribution in [1.29, 1.82) is 0 Å². The van der Waals surface area contributed by atoms with Gasteiger partial charge in [-0.1, -0.05) is 6.07 Å². The van der Waals surface area contributed by atoms with Crippen LogP contribution in [0.4, 0.5) is 4.79 Å². The van der Waals surface area contributed by atoms with Crippen molar-refractivity contribution in [3.05, 3.63) is 22.4 Å². The van der Waals surface area contributed by atoms with E-state index in [4.69, 9.17) is 0 Å². The van der Waals surface area contributed by atoms with Gasteiger partial charge in [0.15, 0.2) is 0 Å². The van der Waals surface area contributed by atoms with E-state index in [1.807, 2.05) is 0 Å². The maximum Gasteiger partial charge on any atom is 0.317 e. The highest BCUT2D eigenvalue weighted by atomic mass is 32.1. The van der Waals surface area contributed by atoms with Crippen molar-refractivity contribution in [1.82, 2.24) is 20.4 Å². The van der Waals surface area contributed by atoms with Crippen molar-refractivity contribution in [3.63, 3.8) is 0 Å². The predicted molar refractivity (Wildman–Crippen MR) is 90.4 cm³/mol. The molecule has 1 aromatic rings. The minimum Gasteiger partial charge on any atom is -0.353 e. The maximum absolute atomic E-state index is 12.3. The average molecular weight is 336 g/mol. The van der Waals surface area contributed by atoms with Crippen LogP contribution in [0.25, 0.3) is 0 Å². The SMILES string of the molecule is CN1CCC[C@@H](CNC(=O)N2CCNC(=O)C2)[C@@H]1c1cccs1. The smallest absolute Gasteiger partial charge is 0.317 e. The molecular formula is C16H24N4O2S. The predicted octanol–water partition coefficient (Wildman–Crippen LogP) is 1.27. The first-order valence-corrected chi connectivity index (χ1v) is 9.06. The summed E-state index contributed by atoms with van der Waals surface area (Å²) in [6, 6.07) is 4.51. The molecule has 3 amide bonds. The molecule has 2 N–H and O–H groups in total. The molecule has 7 heteroatoms. The molecule has 6 nitrogen and oxygen atoms in total. The molecule has 0 aromatic carbocycles. The fraction of sp³-hybridized carbons (Fsp3) is 0.625. The van der Waals surface area contributed by atoms with Crippen LogP contribution in [0.2, 0.25) is 0 Å². The first kappa shape index (κ1) is 16.3. The quantitative estimate of drug-likeness (QED) is 0.874. The van der Waals surface area contributed by atoms with Gasteiger partial charge in [0.05, 0.1) is 0 Å². The Morgan fingerprint density at radius 2 is 2.35 bits per heavy atom. The maximum atomic E-state index is 12.3. The second-order valence-corrected chi connectivity index (χ2v) is 7.28. The summed E-state index contributed by atoms with van der Waals surface area (Å²) < 4.78 is 0. The third-order valence-corrected chi connectivity index (χ3v) is 5.63. The van der Waals surface area contributed by atoms with Crippen LogP contribution in [-0.4, -0.2) is 61.5 Å². The van der Waals surface area contributed by atoms with Crippen LogP contribution in [-0.2, 0) is 4.79 Å². The molecular weight excluding hydrogens is 312 g/mol. The van der Waals surface area contributed by atoms with Crippen LogP contribution in [0.1, 0.15) is 23.8 Å². The lowest BCUT2D eigenvalue weighted by Gasteiger charge is -2.39. The highest BCUT2D eigenvalue weighted by Gasteiger charge is 2.32. The number of hydrogen-bond donors (Lipinski definition) is 2. The molecule has 2 aliphatic rings. The minimum absolute atomic E-state index is 0.0831. The van der Waals surface area contributed by atoms with E-state index in [0.717, 1.165) is 19.4 Å². The van der Waals surface area contributed by atoms with Gasteiger partial charge in [0.2, 0.25) is 5.91 Å². The first-order chi connectivity index (χ1) is 11.1. The Labute approximate surface area is 140 Å². The summed E-state index contributed by atoms with van der Waals surface area (Å²) in [6.45, 7) is 3.03. The number of carbonyl (C=O) groups is 2. The monoisotopic (exact) mass is 336 g/mol. The number of thiophene rings is 1. The van der Waals surface area contributed by atoms with Gasteiger partial charge in [-0.3, -0.25) is 9.69 Å². The normalized spacial score (nSPS) is 26.0. The molecule has 2 aliphatic heterocycles. The van der Waals surface area contributed by atoms with Crippen LogP contribution < -0.4 is 10.6 Å². The molecule has 0 radical (unpaired) electrons. The summed E-state index contributed by atoms with van der Waals surface area (Å²) in [7, 11) is 2.16. The van der Waals surface area contributed by atoms with Gasteiger partial charge in [0, 0.05) is 30.6 Å². The van der Waals surface area contributed by atoms with Crippen molar-refractivity contribution in [2.24, 2.45) is 5.92 Å². The fourth-order valence-corrected chi connectivity index (χ4v) is 4.51. The summed E-state index contributed by atoms with van der Waals surface area (Å²) in [6.07, 6.45) is 2.28. The molecule has 0 bridgehead atoms. The van der Waals surface area contributed by atoms with Crippen LogP contribution in [0.15, 0.2) is 17.5 Å². The number of carbonyl (C=O) groups excluding carboxylic acids is 2. The number of nitrogens with zero attached hydrogens (tertiary/aromatic N) is 2. The Bertz CT molecular complexity index is 548. The second-order valence-electron chi connectivity index (χ2n) is 6.30. The van der Waals surface area contributed by atoms with E-state index in [0.29, 0.717) is 31.6 Å². The van der Waals surface area contributed by atoms with Gasteiger partial charge in [-0.25, -0.2) is 4.79 Å². The molecule has 126 valence electrons. The molecule has 23 heavy (non-hydrogen) atoms. The number of likely N-dealkylation sites (tertiary alicyclic amines) is 1. The Hall–Kier alpha value is -1.60. The zero-order valence-corrected chi connectivity index (χ0v) is 14.3. The second kappa shape index (κ2) is 7.31. The van der Waals surface area contributed by atoms with Gasteiger partial charge in [-0.2, -0.15) is 0 Å². The Kier molecular flexibility index (Phi) is 5.17. The van der Waals surface area contributed by atoms with Crippen molar-refractivity contribution in [3.8, 4) is 0 Å². The molecule has 2 fully saturated rings. The summed E-state index contributed by atoms with van der Waals surface area (Å²) in [5.74, 6) is 0.329. The van der Waals surface area contributed by atoms with E-state index < -0.39 is 0 Å². The third kappa shape index (κ3) is 3.84. The van der Waals surface area contributed by atoms with Gasteiger partial charge < -0.3 is 15.5 Å². The van der Waals surface area contributed by atoms with E-state index in [2.05, 4.69) is 40.1 Å². The minimum atomic E-state index is -0.127. The molecule has 0 spiro atoms. The summed E-state index contributed by atoms with van der Waals surface area (Å²) in [5, 5.41) is 7.89. The molecule has 2 atom stereocenters. The van der Waals surface area contributed by atoms with Crippen molar-refractivity contribution in [2.75, 3.05) is 39.8 Å². The van der Waals surface area contributed by atoms with E-state index in [-0.39, 0.29) is 18.5 Å². The molecule has 0 unspecified atom stereocenters. The molecule has 3 heterocycles. The number of rotatable bonds is 3. The van der Waals surface area contributed by atoms with E-state index in [9.17, 15) is 9.59 Å². The van der Waals surface area contributed by atoms with Gasteiger partial charge in [0.1, 0.15) is 6.54 Å². The number of hydrogen-bond acceptors (Lipinski definition) is 4. The van der Waals surface area contributed by atoms with Gasteiger partial charge in [-0.05, 0) is 43.8 Å². The van der Waals surface area contributed by atoms with E-state index in [1.165, 1.54) is 4.88 Å². The third-order valence-electron chi connectivity index (χ3n) is 4.68. The zero-order chi connectivity index (χ0) is 16.2. The molecule has 2 saturated heterocycles. The Balaban J connectivity index is 1.59. The standard InChI is InChI=1S/C16H24N4O2S/c1-19-7-2-4-12(15(19)13-5-3-9-23-13)10-18-16(22)20-8-6-17-14(21)11-20/h3,5,9,12,15H,2,4,6-8,10-11H2,1H3,(H,17,21)(H,18,22)/t12-,15+/m0/s1. The average Bonchev–Trinajstić information content (AvgIpc) is 3.06. The molecule has 1 aromatic heterocycles. The van der Waals surface area contributed by atoms with Crippen molar-refractivity contribution >= 4 is 23.3 Å². The highest BCUT2D eigenvalue weighted by Crippen LogP contribution is 2.36. The van der Waals surface area contributed by atoms with Crippen molar-refractivity contribution in [2.45, 2.75) is 18.9 Å². The van der Waals surface area contributed by atoms with Crippen LogP contribution in [0, 0.1) is 5.92 Å². The topological polar surface area (TPSA) is 64.7 Å². The van der Waals surface area contributed by atoms with Crippen LogP contribution in [0.3, 0.4) is 0 Å². The number of piperazine rings is 1. The lowest BCUT2D eigenvalue weighted by atomic mass is 9.88. The lowest BCUT2D eigenvalue weighted by Crippen LogP contribution is -2.54. The van der Waals surface area contributed by atoms with Crippen molar-refractivity contribution < 1.29 is 9.59 Å². The number of nitrogens with one attached hydrogen (secondary N) is 2. The lowest BCUT2D eigenvalue weighted by molar-refractivity contribution is -0.123. The fourth-order valence-electron chi connectivity index (χ4n) is 3.52. The van der Waals surface area contributed by atoms with Gasteiger partial charge in [0.25, 0.3) is 0 Å². The first-order valence-electron chi connectivity index (χ1n) is 8.18. The summed E-state index contributed by atoms with van der Waals surface area (Å²) in [4.78, 5) is 29.0.